The van der Waals surface area contributed by atoms with Gasteiger partial charge < -0.3 is 10.2 Å². The Kier molecular flexibility index (Phi) is 7.11. The number of H-pyrrole nitrogens is 1. The highest BCUT2D eigenvalue weighted by Crippen LogP contribution is 2.38. The Bertz CT molecular complexity index is 1470. The van der Waals surface area contributed by atoms with E-state index in [4.69, 9.17) is 10.1 Å². The standard InChI is InChI=1S/C33H39FN6O/c1-2-5-25-17-21-8-9-22(16-24(21)18-35-25)32-27-20-39(15-14-29(27)37-38-32)33(41)36-30-12-10-26-11-13-31(30)40(26)19-23-6-3-4-7-28(23)34/h3-4,6-9,16,18,25-26,30-31H,2,5,10-15,17,19-20H2,1H3,(H,36,41)(H,37,38). The van der Waals surface area contributed by atoms with Gasteiger partial charge in [0, 0.05) is 66.2 Å². The number of aliphatic imine (C=N–C) groups is 1. The van der Waals surface area contributed by atoms with Crippen LogP contribution in [0.4, 0.5) is 9.18 Å². The van der Waals surface area contributed by atoms with Gasteiger partial charge in [-0.15, -0.1) is 0 Å². The van der Waals surface area contributed by atoms with E-state index in [0.717, 1.165) is 79.4 Å². The first-order valence-corrected chi connectivity index (χ1v) is 15.3. The lowest BCUT2D eigenvalue weighted by molar-refractivity contribution is 0.0974. The number of aromatic nitrogens is 2. The topological polar surface area (TPSA) is 76.6 Å². The van der Waals surface area contributed by atoms with Gasteiger partial charge in [-0.2, -0.15) is 5.10 Å². The Hall–Kier alpha value is -3.52. The number of benzene rings is 2. The number of nitrogens with zero attached hydrogens (tertiary/aromatic N) is 4. The third-order valence-corrected chi connectivity index (χ3v) is 9.73. The molecule has 2 aromatic carbocycles. The van der Waals surface area contributed by atoms with Gasteiger partial charge in [0.15, 0.2) is 0 Å². The monoisotopic (exact) mass is 554 g/mol. The van der Waals surface area contributed by atoms with Crippen LogP contribution in [0.25, 0.3) is 11.3 Å². The van der Waals surface area contributed by atoms with Crippen molar-refractivity contribution in [2.75, 3.05) is 6.54 Å². The molecule has 0 spiro atoms. The van der Waals surface area contributed by atoms with Crippen LogP contribution in [0.3, 0.4) is 0 Å². The second-order valence-corrected chi connectivity index (χ2v) is 12.2. The lowest BCUT2D eigenvalue weighted by Crippen LogP contribution is -2.56. The fraction of sp³-hybridized carbons (Fsp3) is 0.485. The van der Waals surface area contributed by atoms with Gasteiger partial charge in [-0.05, 0) is 61.8 Å². The second-order valence-electron chi connectivity index (χ2n) is 12.2. The fourth-order valence-corrected chi connectivity index (χ4v) is 7.52. The number of amides is 2. The second kappa shape index (κ2) is 11.0. The molecule has 5 heterocycles. The van der Waals surface area contributed by atoms with Gasteiger partial charge in [0.05, 0.1) is 18.3 Å². The number of urea groups is 1. The highest BCUT2D eigenvalue weighted by Gasteiger charge is 2.43. The first kappa shape index (κ1) is 26.4. The molecular weight excluding hydrogens is 515 g/mol. The van der Waals surface area contributed by atoms with Gasteiger partial charge >= 0.3 is 6.03 Å². The lowest BCUT2D eigenvalue weighted by Gasteiger charge is -2.41. The van der Waals surface area contributed by atoms with Crippen molar-refractivity contribution in [3.8, 4) is 11.3 Å². The minimum Gasteiger partial charge on any atom is -0.334 e. The molecule has 2 amide bonds. The normalized spacial score (nSPS) is 25.2. The number of hydrogen-bond donors (Lipinski definition) is 2. The minimum atomic E-state index is -0.148. The molecule has 2 saturated heterocycles. The van der Waals surface area contributed by atoms with Crippen LogP contribution in [0.1, 0.15) is 73.4 Å². The molecule has 7 rings (SSSR count). The Morgan fingerprint density at radius 3 is 2.90 bits per heavy atom. The molecule has 0 saturated carbocycles. The van der Waals surface area contributed by atoms with E-state index < -0.39 is 0 Å². The van der Waals surface area contributed by atoms with E-state index in [9.17, 15) is 9.18 Å². The van der Waals surface area contributed by atoms with Crippen molar-refractivity contribution in [1.82, 2.24) is 25.3 Å². The van der Waals surface area contributed by atoms with Gasteiger partial charge in [-0.1, -0.05) is 43.7 Å². The maximum Gasteiger partial charge on any atom is 0.317 e. The molecule has 2 bridgehead atoms. The molecular formula is C33H39FN6O. The Morgan fingerprint density at radius 2 is 2.02 bits per heavy atom. The number of halogens is 1. The predicted octanol–water partition coefficient (Wildman–Crippen LogP) is 5.62. The van der Waals surface area contributed by atoms with Crippen LogP contribution in [-0.4, -0.2) is 63.0 Å². The van der Waals surface area contributed by atoms with E-state index in [1.807, 2.05) is 23.2 Å². The molecule has 2 N–H and O–H groups in total. The fourth-order valence-electron chi connectivity index (χ4n) is 7.52. The lowest BCUT2D eigenvalue weighted by atomic mass is 9.92. The summed E-state index contributed by atoms with van der Waals surface area (Å²) in [7, 11) is 0. The van der Waals surface area contributed by atoms with Crippen molar-refractivity contribution < 1.29 is 9.18 Å². The van der Waals surface area contributed by atoms with Crippen LogP contribution in [-0.2, 0) is 25.9 Å². The molecule has 7 nitrogen and oxygen atoms in total. The van der Waals surface area contributed by atoms with Crippen LogP contribution in [0.15, 0.2) is 47.5 Å². The molecule has 4 aliphatic rings. The first-order chi connectivity index (χ1) is 20.1. The van der Waals surface area contributed by atoms with Crippen LogP contribution >= 0.6 is 0 Å². The zero-order chi connectivity index (χ0) is 27.9. The SMILES string of the molecule is CCCC1Cc2ccc(-c3n[nH]c4c3CN(C(=O)NC3CCC5CCC3N5Cc3ccccc3F)CC4)cc2C=N1. The van der Waals surface area contributed by atoms with E-state index in [-0.39, 0.29) is 23.9 Å². The number of nitrogens with one attached hydrogen (secondary N) is 2. The van der Waals surface area contributed by atoms with Gasteiger partial charge in [0.25, 0.3) is 0 Å². The van der Waals surface area contributed by atoms with E-state index in [0.29, 0.717) is 31.7 Å². The zero-order valence-corrected chi connectivity index (χ0v) is 23.8. The van der Waals surface area contributed by atoms with Crippen LogP contribution in [0.2, 0.25) is 0 Å². The summed E-state index contributed by atoms with van der Waals surface area (Å²) < 4.78 is 14.4. The number of aromatic amines is 1. The Labute approximate surface area is 241 Å². The number of carbonyl (C=O) groups is 1. The molecule has 8 heteroatoms. The van der Waals surface area contributed by atoms with Crippen LogP contribution in [0.5, 0.6) is 0 Å². The smallest absolute Gasteiger partial charge is 0.317 e. The number of rotatable bonds is 6. The van der Waals surface area contributed by atoms with E-state index in [1.165, 1.54) is 17.2 Å². The summed E-state index contributed by atoms with van der Waals surface area (Å²) in [6.45, 7) is 4.01. The maximum atomic E-state index is 14.4. The molecule has 2 fully saturated rings. The summed E-state index contributed by atoms with van der Waals surface area (Å²) >= 11 is 0. The molecule has 0 aliphatic carbocycles. The number of carbonyl (C=O) groups excluding carboxylic acids is 1. The van der Waals surface area contributed by atoms with E-state index in [2.05, 4.69) is 40.4 Å². The van der Waals surface area contributed by atoms with Gasteiger partial charge in [0.1, 0.15) is 5.82 Å². The van der Waals surface area contributed by atoms with E-state index >= 15 is 0 Å². The summed E-state index contributed by atoms with van der Waals surface area (Å²) in [5.74, 6) is -0.148. The van der Waals surface area contributed by atoms with Crippen molar-refractivity contribution in [2.45, 2.75) is 95.5 Å². The third-order valence-electron chi connectivity index (χ3n) is 9.73. The number of hydrogen-bond acceptors (Lipinski definition) is 4. The molecule has 41 heavy (non-hydrogen) atoms. The maximum absolute atomic E-state index is 14.4. The van der Waals surface area contributed by atoms with Crippen LogP contribution in [0, 0.1) is 5.82 Å². The van der Waals surface area contributed by atoms with Crippen molar-refractivity contribution in [1.29, 1.82) is 0 Å². The number of piperidine rings is 1. The highest BCUT2D eigenvalue weighted by atomic mass is 19.1. The predicted molar refractivity (Wildman–Crippen MR) is 158 cm³/mol. The average molecular weight is 555 g/mol. The van der Waals surface area contributed by atoms with Crippen molar-refractivity contribution in [3.05, 3.63) is 76.2 Å². The van der Waals surface area contributed by atoms with Gasteiger partial charge in [-0.25, -0.2) is 9.18 Å². The molecule has 1 aromatic heterocycles. The quantitative estimate of drug-likeness (QED) is 0.415. The molecule has 4 unspecified atom stereocenters. The zero-order valence-electron chi connectivity index (χ0n) is 23.8. The molecule has 214 valence electrons. The summed E-state index contributed by atoms with van der Waals surface area (Å²) in [4.78, 5) is 22.7. The Balaban J connectivity index is 1.04. The van der Waals surface area contributed by atoms with Gasteiger partial charge in [0.2, 0.25) is 0 Å². The molecule has 0 radical (unpaired) electrons. The highest BCUT2D eigenvalue weighted by molar-refractivity contribution is 5.86. The van der Waals surface area contributed by atoms with Crippen molar-refractivity contribution in [3.63, 3.8) is 0 Å². The van der Waals surface area contributed by atoms with E-state index in [1.54, 1.807) is 6.07 Å². The van der Waals surface area contributed by atoms with Crippen molar-refractivity contribution >= 4 is 12.2 Å². The molecule has 3 aromatic rings. The summed E-state index contributed by atoms with van der Waals surface area (Å²) in [6, 6.07) is 14.8. The average Bonchev–Trinajstić information content (AvgIpc) is 3.53. The Morgan fingerprint density at radius 1 is 1.15 bits per heavy atom. The third kappa shape index (κ3) is 5.07. The molecule has 4 atom stereocenters. The van der Waals surface area contributed by atoms with Crippen molar-refractivity contribution in [2.24, 2.45) is 4.99 Å². The summed E-state index contributed by atoms with van der Waals surface area (Å²) in [6.07, 6.45) is 10.2. The number of fused-ring (bicyclic) bond motifs is 4. The first-order valence-electron chi connectivity index (χ1n) is 15.3. The summed E-state index contributed by atoms with van der Waals surface area (Å²) in [5, 5.41) is 11.3. The largest absolute Gasteiger partial charge is 0.334 e. The minimum absolute atomic E-state index is 0.0106. The molecule has 4 aliphatic heterocycles. The summed E-state index contributed by atoms with van der Waals surface area (Å²) in [5.41, 5.74) is 7.47. The van der Waals surface area contributed by atoms with Crippen LogP contribution < -0.4 is 5.32 Å². The van der Waals surface area contributed by atoms with Gasteiger partial charge in [-0.3, -0.25) is 15.0 Å².